The van der Waals surface area contributed by atoms with Crippen LogP contribution in [0.15, 0.2) is 42.5 Å². The minimum atomic E-state index is -0.972. The zero-order valence-corrected chi connectivity index (χ0v) is 44.8. The van der Waals surface area contributed by atoms with E-state index in [4.69, 9.17) is 18.9 Å². The van der Waals surface area contributed by atoms with E-state index in [1.165, 1.54) is 26.2 Å². The van der Waals surface area contributed by atoms with Crippen molar-refractivity contribution in [3.63, 3.8) is 0 Å². The first kappa shape index (κ1) is 60.1. The smallest absolute Gasteiger partial charge is 0.410 e. The number of likely N-dealkylation sites (tertiary alicyclic amines) is 1. The first-order valence-electron chi connectivity index (χ1n) is 25.3. The van der Waals surface area contributed by atoms with E-state index in [1.54, 1.807) is 42.8 Å². The molecule has 0 spiro atoms. The van der Waals surface area contributed by atoms with Crippen LogP contribution < -0.4 is 16.0 Å². The lowest BCUT2D eigenvalue weighted by Gasteiger charge is -2.41. The number of hydrogen-bond donors (Lipinski definition) is 5. The zero-order chi connectivity index (χ0) is 52.2. The van der Waals surface area contributed by atoms with Crippen LogP contribution in [0.25, 0.3) is 0 Å². The van der Waals surface area contributed by atoms with Gasteiger partial charge in [-0.15, -0.1) is 0 Å². The van der Waals surface area contributed by atoms with Crippen LogP contribution in [-0.4, -0.2) is 164 Å². The number of nitrogens with zero attached hydrogens (tertiary/aromatic N) is 3. The first-order chi connectivity index (χ1) is 33.2. The van der Waals surface area contributed by atoms with Crippen molar-refractivity contribution in [2.24, 2.45) is 23.7 Å². The molecule has 17 nitrogen and oxygen atoms in total. The average Bonchev–Trinajstić information content (AvgIpc) is 3.82. The topological polar surface area (TPSA) is 205 Å². The van der Waals surface area contributed by atoms with Crippen molar-refractivity contribution in [3.05, 3.63) is 48.0 Å². The Morgan fingerprint density at radius 2 is 1.56 bits per heavy atom. The predicted octanol–water partition coefficient (Wildman–Crippen LogP) is 5.31. The van der Waals surface area contributed by atoms with Crippen LogP contribution in [0.4, 0.5) is 4.79 Å². The standard InChI is InChI=1S/C52H86N6O11S/c1-13-34(6)46(41(66-11)30-43(60)58-28-19-26-40(58)48(67-12)35(7)49(62)54-36(8)47(61)37-20-15-14-16-21-37)56(9)51(64)44(32(2)3)55-50(63)45(33(4)5)57(10)52(65)69-39-24-17-22-38(23-18-25-39)68-29-27-53-42(59)31-70/h14-17,20-21,24,32-36,38-41,44-48,61,70H,13,18-19,22-23,25-31H2,1-12H3,(H,53,59)(H,54,62)(H,55,63)/b24-17+/t34-,35+,36+,38?,39?,40-,41+,44-,45-,46-,47+,48+/m0/s1. The molecule has 3 rings (SSSR count). The first-order valence-corrected chi connectivity index (χ1v) is 25.9. The molecule has 2 unspecified atom stereocenters. The molecule has 12 atom stereocenters. The average molecular weight is 1000 g/mol. The van der Waals surface area contributed by atoms with Gasteiger partial charge in [0.1, 0.15) is 18.2 Å². The number of hydrogen-bond acceptors (Lipinski definition) is 12. The Kier molecular flexibility index (Phi) is 25.7. The molecule has 70 heavy (non-hydrogen) atoms. The normalized spacial score (nSPS) is 21.7. The predicted molar refractivity (Wildman–Crippen MR) is 273 cm³/mol. The number of carbonyl (C=O) groups is 6. The number of thiol groups is 1. The molecule has 0 radical (unpaired) electrons. The minimum absolute atomic E-state index is 0.0250. The molecule has 0 aromatic heterocycles. The van der Waals surface area contributed by atoms with E-state index in [0.717, 1.165) is 19.3 Å². The van der Waals surface area contributed by atoms with Crippen molar-refractivity contribution in [2.45, 2.75) is 167 Å². The molecular formula is C52H86N6O11S. The summed E-state index contributed by atoms with van der Waals surface area (Å²) in [7, 11) is 6.27. The molecule has 1 aliphatic heterocycles. The maximum Gasteiger partial charge on any atom is 0.410 e. The van der Waals surface area contributed by atoms with Gasteiger partial charge in [-0.3, -0.25) is 28.9 Å². The fourth-order valence-electron chi connectivity index (χ4n) is 9.77. The lowest BCUT2D eigenvalue weighted by atomic mass is 9.89. The monoisotopic (exact) mass is 1000 g/mol. The van der Waals surface area contributed by atoms with Gasteiger partial charge in [0.2, 0.25) is 29.5 Å². The number of likely N-dealkylation sites (N-methyl/N-ethyl adjacent to an activating group) is 2. The Morgan fingerprint density at radius 3 is 2.16 bits per heavy atom. The van der Waals surface area contributed by atoms with Gasteiger partial charge in [0, 0.05) is 41.4 Å². The second kappa shape index (κ2) is 30.0. The van der Waals surface area contributed by atoms with E-state index in [9.17, 15) is 33.9 Å². The fourth-order valence-corrected chi connectivity index (χ4v) is 9.88. The van der Waals surface area contributed by atoms with Crippen molar-refractivity contribution in [1.82, 2.24) is 30.7 Å². The lowest BCUT2D eigenvalue weighted by Crippen LogP contribution is -2.60. The molecule has 1 saturated heterocycles. The molecule has 1 heterocycles. The number of benzene rings is 1. The summed E-state index contributed by atoms with van der Waals surface area (Å²) in [5, 5.41) is 19.6. The summed E-state index contributed by atoms with van der Waals surface area (Å²) >= 11 is 3.96. The zero-order valence-electron chi connectivity index (χ0n) is 43.9. The van der Waals surface area contributed by atoms with Crippen LogP contribution >= 0.6 is 12.6 Å². The quantitative estimate of drug-likeness (QED) is 0.0457. The third kappa shape index (κ3) is 17.2. The van der Waals surface area contributed by atoms with Crippen LogP contribution in [0.2, 0.25) is 0 Å². The molecule has 1 aromatic carbocycles. The maximum atomic E-state index is 14.7. The van der Waals surface area contributed by atoms with E-state index in [0.29, 0.717) is 50.9 Å². The number of nitrogens with one attached hydrogen (secondary N) is 3. The summed E-state index contributed by atoms with van der Waals surface area (Å²) in [5.41, 5.74) is 0.689. The van der Waals surface area contributed by atoms with Crippen molar-refractivity contribution in [2.75, 3.05) is 53.8 Å². The number of methoxy groups -OCH3 is 2. The second-order valence-electron chi connectivity index (χ2n) is 19.8. The van der Waals surface area contributed by atoms with Gasteiger partial charge in [-0.25, -0.2) is 4.79 Å². The molecule has 6 amide bonds. The van der Waals surface area contributed by atoms with Gasteiger partial charge >= 0.3 is 6.09 Å². The highest BCUT2D eigenvalue weighted by Crippen LogP contribution is 2.30. The molecule has 18 heteroatoms. The van der Waals surface area contributed by atoms with E-state index >= 15 is 0 Å². The van der Waals surface area contributed by atoms with Gasteiger partial charge < -0.3 is 49.8 Å². The van der Waals surface area contributed by atoms with Crippen LogP contribution in [-0.2, 0) is 42.9 Å². The number of aliphatic hydroxyl groups is 1. The summed E-state index contributed by atoms with van der Waals surface area (Å²) < 4.78 is 23.9. The third-order valence-electron chi connectivity index (χ3n) is 14.0. The van der Waals surface area contributed by atoms with Crippen LogP contribution in [0.5, 0.6) is 0 Å². The number of rotatable bonds is 26. The summed E-state index contributed by atoms with van der Waals surface area (Å²) in [6, 6.07) is 5.67. The van der Waals surface area contributed by atoms with Crippen LogP contribution in [0, 0.1) is 23.7 Å². The van der Waals surface area contributed by atoms with Crippen molar-refractivity contribution < 1.29 is 52.8 Å². The van der Waals surface area contributed by atoms with Gasteiger partial charge in [0.15, 0.2) is 0 Å². The Labute approximate surface area is 423 Å². The molecule has 0 saturated carbocycles. The van der Waals surface area contributed by atoms with E-state index in [1.807, 2.05) is 71.9 Å². The van der Waals surface area contributed by atoms with Crippen molar-refractivity contribution in [3.8, 4) is 0 Å². The molecular weight excluding hydrogens is 917 g/mol. The molecule has 396 valence electrons. The highest BCUT2D eigenvalue weighted by Gasteiger charge is 2.44. The highest BCUT2D eigenvalue weighted by molar-refractivity contribution is 7.81. The third-order valence-corrected chi connectivity index (χ3v) is 14.3. The van der Waals surface area contributed by atoms with Gasteiger partial charge in [-0.05, 0) is 74.8 Å². The Morgan fingerprint density at radius 1 is 0.871 bits per heavy atom. The van der Waals surface area contributed by atoms with Crippen LogP contribution in [0.1, 0.15) is 118 Å². The van der Waals surface area contributed by atoms with Gasteiger partial charge in [-0.1, -0.05) is 91.3 Å². The SMILES string of the molecule is CC[C@H](C)[C@@H]([C@@H](CC(=O)N1CCC[C@H]1[C@H](OC)[C@@H](C)C(=O)N[C@H](C)[C@@H](O)c1ccccc1)OC)N(C)C(=O)[C@@H](NC(=O)[C@H](C(C)C)N(C)C(=O)OC1/C=C/CC(OCCNC(=O)CS)CCC1)C(C)C. The molecule has 1 aliphatic carbocycles. The Balaban J connectivity index is 1.70. The number of aliphatic hydroxyl groups excluding tert-OH is 1. The Hall–Kier alpha value is -4.23. The van der Waals surface area contributed by atoms with E-state index in [2.05, 4.69) is 28.6 Å². The van der Waals surface area contributed by atoms with Crippen molar-refractivity contribution >= 4 is 48.3 Å². The number of carbonyl (C=O) groups excluding carboxylic acids is 6. The second-order valence-corrected chi connectivity index (χ2v) is 20.1. The minimum Gasteiger partial charge on any atom is -0.442 e. The van der Waals surface area contributed by atoms with Gasteiger partial charge in [0.05, 0.1) is 67.2 Å². The van der Waals surface area contributed by atoms with Crippen molar-refractivity contribution in [1.29, 1.82) is 0 Å². The molecule has 4 N–H and O–H groups in total. The summed E-state index contributed by atoms with van der Waals surface area (Å²) in [5.74, 6) is -2.81. The largest absolute Gasteiger partial charge is 0.442 e. The van der Waals surface area contributed by atoms with Gasteiger partial charge in [0.25, 0.3) is 0 Å². The maximum absolute atomic E-state index is 14.7. The highest BCUT2D eigenvalue weighted by atomic mass is 32.1. The number of ether oxygens (including phenoxy) is 4. The fraction of sp³-hybridized carbons (Fsp3) is 0.731. The van der Waals surface area contributed by atoms with E-state index in [-0.39, 0.29) is 59.7 Å². The molecule has 1 aromatic rings. The van der Waals surface area contributed by atoms with Crippen LogP contribution in [0.3, 0.4) is 0 Å². The number of amides is 6. The molecule has 0 bridgehead atoms. The lowest BCUT2D eigenvalue weighted by molar-refractivity contribution is -0.148. The Bertz CT molecular complexity index is 1840. The molecule has 1 fully saturated rings. The van der Waals surface area contributed by atoms with E-state index < -0.39 is 72.5 Å². The van der Waals surface area contributed by atoms with Gasteiger partial charge in [-0.2, -0.15) is 12.6 Å². The summed E-state index contributed by atoms with van der Waals surface area (Å²) in [4.78, 5) is 86.7. The summed E-state index contributed by atoms with van der Waals surface area (Å²) in [6.07, 6.45) is 5.00. The molecule has 2 aliphatic rings. The summed E-state index contributed by atoms with van der Waals surface area (Å²) in [6.45, 7) is 16.1.